The number of benzene rings is 3. The number of amides is 1. The van der Waals surface area contributed by atoms with E-state index in [9.17, 15) is 21.6 Å². The second-order valence-corrected chi connectivity index (χ2v) is 12.9. The zero-order valence-corrected chi connectivity index (χ0v) is 22.9. The third-order valence-corrected chi connectivity index (χ3v) is 8.93. The lowest BCUT2D eigenvalue weighted by atomic mass is 10.0. The minimum absolute atomic E-state index is 0.0590. The van der Waals surface area contributed by atoms with Crippen LogP contribution < -0.4 is 9.62 Å². The van der Waals surface area contributed by atoms with Gasteiger partial charge in [0.05, 0.1) is 21.5 Å². The molecular weight excluding hydrogens is 520 g/mol. The first kappa shape index (κ1) is 27.7. The molecular formula is C26H29ClN2O5S2. The van der Waals surface area contributed by atoms with Crippen LogP contribution >= 0.6 is 11.6 Å². The van der Waals surface area contributed by atoms with Crippen LogP contribution in [0.4, 0.5) is 5.69 Å². The molecule has 36 heavy (non-hydrogen) atoms. The van der Waals surface area contributed by atoms with Crippen LogP contribution in [-0.4, -0.2) is 35.5 Å². The summed E-state index contributed by atoms with van der Waals surface area (Å²) in [5, 5.41) is 3.23. The summed E-state index contributed by atoms with van der Waals surface area (Å²) >= 11 is 6.18. The second-order valence-electron chi connectivity index (χ2n) is 8.63. The van der Waals surface area contributed by atoms with Gasteiger partial charge in [-0.2, -0.15) is 0 Å². The molecule has 192 valence electrons. The van der Waals surface area contributed by atoms with Crippen LogP contribution in [0.15, 0.2) is 76.5 Å². The topological polar surface area (TPSA) is 101 Å². The number of aryl methyl sites for hydroxylation is 2. The van der Waals surface area contributed by atoms with Crippen molar-refractivity contribution in [1.29, 1.82) is 0 Å². The maximum atomic E-state index is 13.6. The van der Waals surface area contributed by atoms with E-state index in [-0.39, 0.29) is 9.79 Å². The van der Waals surface area contributed by atoms with E-state index in [1.165, 1.54) is 30.3 Å². The van der Waals surface area contributed by atoms with Gasteiger partial charge in [0.2, 0.25) is 5.91 Å². The number of nitrogens with one attached hydrogen (secondary N) is 1. The number of hydrogen-bond acceptors (Lipinski definition) is 5. The molecule has 0 radical (unpaired) electrons. The van der Waals surface area contributed by atoms with Gasteiger partial charge in [0.15, 0.2) is 9.84 Å². The second kappa shape index (κ2) is 11.0. The molecule has 0 spiro atoms. The molecule has 0 aliphatic rings. The molecule has 3 aromatic carbocycles. The number of sulfonamides is 1. The largest absolute Gasteiger partial charge is 0.348 e. The number of hydrogen-bond donors (Lipinski definition) is 1. The van der Waals surface area contributed by atoms with Crippen LogP contribution in [-0.2, 0) is 24.7 Å². The number of nitrogens with zero attached hydrogens (tertiary/aromatic N) is 1. The van der Waals surface area contributed by atoms with E-state index in [0.29, 0.717) is 28.3 Å². The smallest absolute Gasteiger partial charge is 0.264 e. The highest BCUT2D eigenvalue weighted by molar-refractivity contribution is 7.93. The molecule has 0 bridgehead atoms. The van der Waals surface area contributed by atoms with Crippen LogP contribution in [0.5, 0.6) is 0 Å². The summed E-state index contributed by atoms with van der Waals surface area (Å²) in [6, 6.07) is 17.1. The van der Waals surface area contributed by atoms with Crippen molar-refractivity contribution in [3.63, 3.8) is 0 Å². The van der Waals surface area contributed by atoms with Crippen molar-refractivity contribution in [3.8, 4) is 0 Å². The Balaban J connectivity index is 1.93. The minimum atomic E-state index is -4.09. The average molecular weight is 549 g/mol. The lowest BCUT2D eigenvalue weighted by Crippen LogP contribution is -2.42. The Morgan fingerprint density at radius 1 is 0.917 bits per heavy atom. The molecule has 3 aromatic rings. The van der Waals surface area contributed by atoms with Crippen LogP contribution in [0.1, 0.15) is 36.1 Å². The Morgan fingerprint density at radius 3 is 2.06 bits per heavy atom. The summed E-state index contributed by atoms with van der Waals surface area (Å²) in [6.45, 7) is 5.02. The van der Waals surface area contributed by atoms with E-state index in [4.69, 9.17) is 11.6 Å². The molecule has 3 rings (SSSR count). The molecule has 0 saturated heterocycles. The molecule has 1 amide bonds. The Morgan fingerprint density at radius 2 is 1.50 bits per heavy atom. The van der Waals surface area contributed by atoms with Gasteiger partial charge in [-0.05, 0) is 67.8 Å². The maximum absolute atomic E-state index is 13.6. The zero-order chi connectivity index (χ0) is 26.7. The van der Waals surface area contributed by atoms with Crippen LogP contribution in [0, 0.1) is 13.8 Å². The summed E-state index contributed by atoms with van der Waals surface area (Å²) in [6.07, 6.45) is 1.65. The molecule has 1 unspecified atom stereocenters. The first-order valence-corrected chi connectivity index (χ1v) is 15.0. The predicted octanol–water partition coefficient (Wildman–Crippen LogP) is 4.82. The van der Waals surface area contributed by atoms with Crippen molar-refractivity contribution in [2.45, 2.75) is 43.0 Å². The molecule has 7 nitrogen and oxygen atoms in total. The highest BCUT2D eigenvalue weighted by Crippen LogP contribution is 2.30. The van der Waals surface area contributed by atoms with Crippen molar-refractivity contribution >= 4 is 43.1 Å². The summed E-state index contributed by atoms with van der Waals surface area (Å²) in [5.74, 6) is -0.510. The van der Waals surface area contributed by atoms with Gasteiger partial charge < -0.3 is 5.32 Å². The molecule has 0 aromatic heterocycles. The quantitative estimate of drug-likeness (QED) is 0.413. The van der Waals surface area contributed by atoms with Gasteiger partial charge >= 0.3 is 0 Å². The summed E-state index contributed by atoms with van der Waals surface area (Å²) in [5.41, 5.74) is 2.57. The van der Waals surface area contributed by atoms with Crippen molar-refractivity contribution in [2.24, 2.45) is 0 Å². The third-order valence-electron chi connectivity index (χ3n) is 5.79. The fraction of sp³-hybridized carbons (Fsp3) is 0.269. The molecule has 0 heterocycles. The molecule has 0 saturated carbocycles. The standard InChI is InChI=1S/C26H29ClN2O5S2/c1-5-24(20-9-14-22(15-10-20)35(4,31)32)28-26(30)17-29(25-16-21(27)11-8-19(25)3)36(33,34)23-12-6-18(2)7-13-23/h6-16,24H,5,17H2,1-4H3,(H,28,30). The first-order chi connectivity index (χ1) is 16.8. The van der Waals surface area contributed by atoms with Crippen LogP contribution in [0.2, 0.25) is 5.02 Å². The molecule has 0 fully saturated rings. The van der Waals surface area contributed by atoms with Gasteiger partial charge in [-0.1, -0.05) is 54.4 Å². The van der Waals surface area contributed by atoms with Gasteiger partial charge in [0.1, 0.15) is 6.54 Å². The lowest BCUT2D eigenvalue weighted by Gasteiger charge is -2.27. The van der Waals surface area contributed by atoms with Crippen LogP contribution in [0.3, 0.4) is 0 Å². The number of anilines is 1. The monoisotopic (exact) mass is 548 g/mol. The number of carbonyl (C=O) groups is 1. The SMILES string of the molecule is CCC(NC(=O)CN(c1cc(Cl)ccc1C)S(=O)(=O)c1ccc(C)cc1)c1ccc(S(C)(=O)=O)cc1. The van der Waals surface area contributed by atoms with Gasteiger partial charge in [-0.15, -0.1) is 0 Å². The normalized spacial score (nSPS) is 12.7. The Kier molecular flexibility index (Phi) is 8.48. The fourth-order valence-electron chi connectivity index (χ4n) is 3.73. The van der Waals surface area contributed by atoms with E-state index < -0.39 is 38.4 Å². The zero-order valence-electron chi connectivity index (χ0n) is 20.5. The summed E-state index contributed by atoms with van der Waals surface area (Å²) in [7, 11) is -7.43. The van der Waals surface area contributed by atoms with Crippen molar-refractivity contribution < 1.29 is 21.6 Å². The highest BCUT2D eigenvalue weighted by atomic mass is 35.5. The molecule has 0 aliphatic carbocycles. The van der Waals surface area contributed by atoms with E-state index in [1.807, 2.05) is 13.8 Å². The van der Waals surface area contributed by atoms with E-state index in [2.05, 4.69) is 5.32 Å². The summed E-state index contributed by atoms with van der Waals surface area (Å²) in [4.78, 5) is 13.4. The van der Waals surface area contributed by atoms with Crippen molar-refractivity contribution in [3.05, 3.63) is 88.4 Å². The first-order valence-electron chi connectivity index (χ1n) is 11.3. The molecule has 0 aliphatic heterocycles. The fourth-order valence-corrected chi connectivity index (χ4v) is 6.00. The lowest BCUT2D eigenvalue weighted by molar-refractivity contribution is -0.120. The van der Waals surface area contributed by atoms with E-state index in [1.54, 1.807) is 43.3 Å². The number of carbonyl (C=O) groups excluding carboxylic acids is 1. The number of halogens is 1. The number of rotatable bonds is 9. The van der Waals surface area contributed by atoms with E-state index in [0.717, 1.165) is 16.1 Å². The molecule has 10 heteroatoms. The van der Waals surface area contributed by atoms with Gasteiger partial charge in [-0.3, -0.25) is 9.10 Å². The molecule has 1 N–H and O–H groups in total. The minimum Gasteiger partial charge on any atom is -0.348 e. The van der Waals surface area contributed by atoms with Gasteiger partial charge in [0.25, 0.3) is 10.0 Å². The number of sulfone groups is 1. The van der Waals surface area contributed by atoms with Crippen molar-refractivity contribution in [2.75, 3.05) is 17.1 Å². The Bertz CT molecular complexity index is 1450. The Hall–Kier alpha value is -2.88. The average Bonchev–Trinajstić information content (AvgIpc) is 2.82. The Labute approximate surface area is 218 Å². The third kappa shape index (κ3) is 6.46. The van der Waals surface area contributed by atoms with Crippen molar-refractivity contribution in [1.82, 2.24) is 5.32 Å². The van der Waals surface area contributed by atoms with E-state index >= 15 is 0 Å². The van der Waals surface area contributed by atoms with Gasteiger partial charge in [0, 0.05) is 11.3 Å². The van der Waals surface area contributed by atoms with Crippen LogP contribution in [0.25, 0.3) is 0 Å². The molecule has 1 atom stereocenters. The summed E-state index contributed by atoms with van der Waals surface area (Å²) < 4.78 is 51.9. The maximum Gasteiger partial charge on any atom is 0.264 e. The van der Waals surface area contributed by atoms with Gasteiger partial charge in [-0.25, -0.2) is 16.8 Å². The highest BCUT2D eigenvalue weighted by Gasteiger charge is 2.29. The predicted molar refractivity (Wildman–Crippen MR) is 143 cm³/mol.